The fraction of sp³-hybridized carbons (Fsp3) is 0.632. The van der Waals surface area contributed by atoms with Gasteiger partial charge in [0.25, 0.3) is 0 Å². The molecule has 0 aliphatic carbocycles. The molecule has 0 N–H and O–H groups in total. The Morgan fingerprint density at radius 2 is 1.74 bits per heavy atom. The number of rotatable bonds is 10. The Kier molecular flexibility index (Phi) is 8.70. The molecule has 130 valence electrons. The van der Waals surface area contributed by atoms with Crippen LogP contribution in [0.1, 0.15) is 57.8 Å². The summed E-state index contributed by atoms with van der Waals surface area (Å²) in [6.07, 6.45) is 1.89. The minimum Gasteiger partial charge on any atom is -0.491 e. The van der Waals surface area contributed by atoms with Gasteiger partial charge in [0.2, 0.25) is 0 Å². The van der Waals surface area contributed by atoms with Crippen molar-refractivity contribution in [2.24, 2.45) is 0 Å². The molecule has 0 spiro atoms. The molecule has 0 saturated carbocycles. The van der Waals surface area contributed by atoms with Gasteiger partial charge in [-0.1, -0.05) is 25.5 Å². The van der Waals surface area contributed by atoms with E-state index in [1.165, 1.54) is 0 Å². The van der Waals surface area contributed by atoms with E-state index in [2.05, 4.69) is 39.5 Å². The number of esters is 1. The van der Waals surface area contributed by atoms with Gasteiger partial charge >= 0.3 is 5.97 Å². The third kappa shape index (κ3) is 6.61. The normalized spacial score (nSPS) is 11.3. The second-order valence-electron chi connectivity index (χ2n) is 6.26. The molecule has 0 aliphatic rings. The first-order valence-electron chi connectivity index (χ1n) is 8.62. The minimum atomic E-state index is -0.307. The number of nitrogens with zero attached hydrogens (tertiary/aromatic N) is 1. The molecule has 0 bridgehead atoms. The van der Waals surface area contributed by atoms with Crippen LogP contribution in [0.3, 0.4) is 0 Å². The Bertz CT molecular complexity index is 463. The lowest BCUT2D eigenvalue weighted by Crippen LogP contribution is -2.39. The van der Waals surface area contributed by atoms with Crippen LogP contribution in [0.5, 0.6) is 5.75 Å². The van der Waals surface area contributed by atoms with Crippen molar-refractivity contribution in [2.45, 2.75) is 59.5 Å². The first kappa shape index (κ1) is 19.5. The van der Waals surface area contributed by atoms with Gasteiger partial charge in [-0.3, -0.25) is 4.90 Å². The third-order valence-electron chi connectivity index (χ3n) is 3.77. The standard InChI is InChI=1S/C19H31NO3/c1-6-7-13-23-19(21)17-10-8-9-11-18(17)22-14-12-20(15(2)3)16(4)5/h8-11,15-16H,6-7,12-14H2,1-5H3. The van der Waals surface area contributed by atoms with Crippen molar-refractivity contribution in [1.29, 1.82) is 0 Å². The molecule has 0 atom stereocenters. The van der Waals surface area contributed by atoms with Gasteiger partial charge in [-0.25, -0.2) is 4.79 Å². The van der Waals surface area contributed by atoms with Crippen LogP contribution >= 0.6 is 0 Å². The average Bonchev–Trinajstić information content (AvgIpc) is 2.51. The average molecular weight is 321 g/mol. The molecule has 1 aromatic rings. The minimum absolute atomic E-state index is 0.307. The predicted molar refractivity (Wildman–Crippen MR) is 94.1 cm³/mol. The summed E-state index contributed by atoms with van der Waals surface area (Å²) >= 11 is 0. The molecule has 4 nitrogen and oxygen atoms in total. The molecule has 0 aliphatic heterocycles. The maximum atomic E-state index is 12.1. The van der Waals surface area contributed by atoms with Gasteiger partial charge in [-0.05, 0) is 46.2 Å². The van der Waals surface area contributed by atoms with Crippen LogP contribution in [0.4, 0.5) is 0 Å². The number of hydrogen-bond acceptors (Lipinski definition) is 4. The SMILES string of the molecule is CCCCOC(=O)c1ccccc1OCCN(C(C)C)C(C)C. The van der Waals surface area contributed by atoms with Crippen molar-refractivity contribution in [3.8, 4) is 5.75 Å². The molecule has 1 aromatic carbocycles. The van der Waals surface area contributed by atoms with Gasteiger partial charge in [0.15, 0.2) is 0 Å². The van der Waals surface area contributed by atoms with Crippen molar-refractivity contribution < 1.29 is 14.3 Å². The zero-order chi connectivity index (χ0) is 17.2. The molecule has 0 unspecified atom stereocenters. The Morgan fingerprint density at radius 1 is 1.09 bits per heavy atom. The summed E-state index contributed by atoms with van der Waals surface area (Å²) in [6, 6.07) is 8.22. The van der Waals surface area contributed by atoms with E-state index in [1.54, 1.807) is 6.07 Å². The van der Waals surface area contributed by atoms with Crippen molar-refractivity contribution >= 4 is 5.97 Å². The number of carbonyl (C=O) groups is 1. The Balaban J connectivity index is 2.61. The Morgan fingerprint density at radius 3 is 2.35 bits per heavy atom. The number of ether oxygens (including phenoxy) is 2. The van der Waals surface area contributed by atoms with Gasteiger partial charge in [-0.15, -0.1) is 0 Å². The second-order valence-corrected chi connectivity index (χ2v) is 6.26. The summed E-state index contributed by atoms with van der Waals surface area (Å²) in [7, 11) is 0. The number of carbonyl (C=O) groups excluding carboxylic acids is 1. The van der Waals surface area contributed by atoms with Gasteiger partial charge in [0, 0.05) is 18.6 Å². The number of benzene rings is 1. The summed E-state index contributed by atoms with van der Waals surface area (Å²) < 4.78 is 11.1. The van der Waals surface area contributed by atoms with Gasteiger partial charge < -0.3 is 9.47 Å². The van der Waals surface area contributed by atoms with E-state index in [4.69, 9.17) is 9.47 Å². The highest BCUT2D eigenvalue weighted by Gasteiger charge is 2.16. The van der Waals surface area contributed by atoms with E-state index in [0.29, 0.717) is 36.6 Å². The molecular weight excluding hydrogens is 290 g/mol. The van der Waals surface area contributed by atoms with Crippen molar-refractivity contribution in [2.75, 3.05) is 19.8 Å². The van der Waals surface area contributed by atoms with Crippen LogP contribution in [0.25, 0.3) is 0 Å². The van der Waals surface area contributed by atoms with E-state index in [-0.39, 0.29) is 5.97 Å². The lowest BCUT2D eigenvalue weighted by atomic mass is 10.2. The van der Waals surface area contributed by atoms with E-state index in [9.17, 15) is 4.79 Å². The highest BCUT2D eigenvalue weighted by atomic mass is 16.5. The van der Waals surface area contributed by atoms with E-state index < -0.39 is 0 Å². The van der Waals surface area contributed by atoms with Crippen LogP contribution < -0.4 is 4.74 Å². The fourth-order valence-corrected chi connectivity index (χ4v) is 2.52. The summed E-state index contributed by atoms with van der Waals surface area (Å²) in [6.45, 7) is 12.6. The summed E-state index contributed by atoms with van der Waals surface area (Å²) in [5.74, 6) is 0.292. The van der Waals surface area contributed by atoms with E-state index in [0.717, 1.165) is 19.4 Å². The first-order valence-corrected chi connectivity index (χ1v) is 8.62. The Labute approximate surface area is 140 Å². The second kappa shape index (κ2) is 10.3. The molecule has 0 fully saturated rings. The lowest BCUT2D eigenvalue weighted by Gasteiger charge is -2.30. The summed E-state index contributed by atoms with van der Waals surface area (Å²) in [5, 5.41) is 0. The highest BCUT2D eigenvalue weighted by Crippen LogP contribution is 2.19. The quantitative estimate of drug-likeness (QED) is 0.479. The highest BCUT2D eigenvalue weighted by molar-refractivity contribution is 5.92. The summed E-state index contributed by atoms with van der Waals surface area (Å²) in [4.78, 5) is 14.5. The number of hydrogen-bond donors (Lipinski definition) is 0. The molecule has 23 heavy (non-hydrogen) atoms. The molecular formula is C19H31NO3. The maximum Gasteiger partial charge on any atom is 0.341 e. The number of unbranched alkanes of at least 4 members (excludes halogenated alkanes) is 1. The van der Waals surface area contributed by atoms with Gasteiger partial charge in [0.1, 0.15) is 17.9 Å². The predicted octanol–water partition coefficient (Wildman–Crippen LogP) is 4.14. The number of para-hydroxylation sites is 1. The Hall–Kier alpha value is -1.55. The van der Waals surface area contributed by atoms with Gasteiger partial charge in [0.05, 0.1) is 6.61 Å². The van der Waals surface area contributed by atoms with Crippen molar-refractivity contribution in [3.63, 3.8) is 0 Å². The fourth-order valence-electron chi connectivity index (χ4n) is 2.52. The largest absolute Gasteiger partial charge is 0.491 e. The molecule has 0 radical (unpaired) electrons. The zero-order valence-corrected chi connectivity index (χ0v) is 15.2. The van der Waals surface area contributed by atoms with Gasteiger partial charge in [-0.2, -0.15) is 0 Å². The van der Waals surface area contributed by atoms with Crippen LogP contribution in [0, 0.1) is 0 Å². The maximum absolute atomic E-state index is 12.1. The monoisotopic (exact) mass is 321 g/mol. The van der Waals surface area contributed by atoms with E-state index in [1.807, 2.05) is 18.2 Å². The molecule has 0 saturated heterocycles. The third-order valence-corrected chi connectivity index (χ3v) is 3.77. The smallest absolute Gasteiger partial charge is 0.341 e. The van der Waals surface area contributed by atoms with E-state index >= 15 is 0 Å². The molecule has 0 aromatic heterocycles. The van der Waals surface area contributed by atoms with Crippen molar-refractivity contribution in [3.05, 3.63) is 29.8 Å². The molecule has 4 heteroatoms. The van der Waals surface area contributed by atoms with Crippen LogP contribution in [0.2, 0.25) is 0 Å². The molecule has 0 amide bonds. The topological polar surface area (TPSA) is 38.8 Å². The van der Waals surface area contributed by atoms with Crippen LogP contribution in [-0.4, -0.2) is 42.7 Å². The van der Waals surface area contributed by atoms with Crippen molar-refractivity contribution in [1.82, 2.24) is 4.90 Å². The molecule has 0 heterocycles. The first-order chi connectivity index (χ1) is 11.0. The van der Waals surface area contributed by atoms with Crippen LogP contribution in [0.15, 0.2) is 24.3 Å². The zero-order valence-electron chi connectivity index (χ0n) is 15.2. The summed E-state index contributed by atoms with van der Waals surface area (Å²) in [5.41, 5.74) is 0.504. The lowest BCUT2D eigenvalue weighted by molar-refractivity contribution is 0.0493. The molecule has 1 rings (SSSR count). The van der Waals surface area contributed by atoms with Crippen LogP contribution in [-0.2, 0) is 4.74 Å².